The molecule has 1 saturated carbocycles. The topological polar surface area (TPSA) is 27.8 Å². The Labute approximate surface area is 86.1 Å². The average Bonchev–Trinajstić information content (AvgIpc) is 2.87. The first-order valence-electron chi connectivity index (χ1n) is 5.72. The summed E-state index contributed by atoms with van der Waals surface area (Å²) in [4.78, 5) is 3.22. The molecule has 1 aliphatic carbocycles. The van der Waals surface area contributed by atoms with Gasteiger partial charge in [-0.2, -0.15) is 0 Å². The lowest BCUT2D eigenvalue weighted by Crippen LogP contribution is -2.31. The molecule has 0 saturated heterocycles. The Morgan fingerprint density at radius 2 is 2.29 bits per heavy atom. The van der Waals surface area contributed by atoms with Crippen LogP contribution < -0.4 is 5.32 Å². The zero-order valence-corrected chi connectivity index (χ0v) is 8.92. The number of aromatic nitrogens is 1. The summed E-state index contributed by atoms with van der Waals surface area (Å²) >= 11 is 0. The highest BCUT2D eigenvalue weighted by atomic mass is 14.9. The molecule has 1 aliphatic rings. The molecule has 0 radical (unpaired) electrons. The maximum Gasteiger partial charge on any atom is 0.0359 e. The van der Waals surface area contributed by atoms with Crippen molar-refractivity contribution in [3.8, 4) is 0 Å². The molecule has 0 unspecified atom stereocenters. The zero-order valence-electron chi connectivity index (χ0n) is 8.92. The lowest BCUT2D eigenvalue weighted by molar-refractivity contribution is 0.379. The van der Waals surface area contributed by atoms with Gasteiger partial charge in [0.2, 0.25) is 0 Å². The Bertz CT molecular complexity index is 247. The number of H-pyrrole nitrogens is 1. The molecular formula is C12H20N2. The monoisotopic (exact) mass is 192 g/mol. The molecule has 14 heavy (non-hydrogen) atoms. The van der Waals surface area contributed by atoms with E-state index in [0.29, 0.717) is 6.04 Å². The highest BCUT2D eigenvalue weighted by Gasteiger charge is 2.20. The normalized spacial score (nSPS) is 20.1. The van der Waals surface area contributed by atoms with Gasteiger partial charge in [-0.3, -0.25) is 0 Å². The fourth-order valence-electron chi connectivity index (χ4n) is 2.37. The first-order chi connectivity index (χ1) is 6.86. The third-order valence-electron chi connectivity index (χ3n) is 3.38. The Morgan fingerprint density at radius 3 is 2.93 bits per heavy atom. The van der Waals surface area contributed by atoms with Crippen LogP contribution in [0.1, 0.15) is 38.3 Å². The van der Waals surface area contributed by atoms with Crippen LogP contribution in [0, 0.1) is 5.92 Å². The molecule has 2 N–H and O–H groups in total. The second-order valence-corrected chi connectivity index (χ2v) is 4.41. The van der Waals surface area contributed by atoms with Gasteiger partial charge in [-0.05, 0) is 37.8 Å². The summed E-state index contributed by atoms with van der Waals surface area (Å²) in [6.45, 7) is 3.30. The first-order valence-corrected chi connectivity index (χ1v) is 5.72. The number of rotatable bonds is 4. The van der Waals surface area contributed by atoms with Gasteiger partial charge in [0.05, 0.1) is 0 Å². The lowest BCUT2D eigenvalue weighted by atomic mass is 10.00. The van der Waals surface area contributed by atoms with Crippen molar-refractivity contribution in [3.05, 3.63) is 24.0 Å². The van der Waals surface area contributed by atoms with E-state index in [1.807, 2.05) is 6.20 Å². The van der Waals surface area contributed by atoms with Crippen LogP contribution in [0.15, 0.2) is 18.3 Å². The molecule has 0 spiro atoms. The first kappa shape index (κ1) is 9.78. The fourth-order valence-corrected chi connectivity index (χ4v) is 2.37. The van der Waals surface area contributed by atoms with Crippen LogP contribution in [0.2, 0.25) is 0 Å². The summed E-state index contributed by atoms with van der Waals surface area (Å²) in [5.74, 6) is 0.907. The predicted molar refractivity (Wildman–Crippen MR) is 59.1 cm³/mol. The molecule has 1 aromatic heterocycles. The molecule has 2 rings (SSSR count). The van der Waals surface area contributed by atoms with Gasteiger partial charge in [0.15, 0.2) is 0 Å². The van der Waals surface area contributed by atoms with Gasteiger partial charge in [-0.1, -0.05) is 12.8 Å². The Hall–Kier alpha value is -0.760. The van der Waals surface area contributed by atoms with Crippen LogP contribution in [0.25, 0.3) is 0 Å². The molecule has 78 valence electrons. The van der Waals surface area contributed by atoms with E-state index in [1.54, 1.807) is 0 Å². The zero-order chi connectivity index (χ0) is 9.80. The summed E-state index contributed by atoms with van der Waals surface area (Å²) in [6, 6.07) is 4.85. The standard InChI is InChI=1S/C12H20N2/c1-10(11-5-2-3-6-11)14-9-12-7-4-8-13-12/h4,7-8,10-11,13-14H,2-3,5-6,9H2,1H3/t10-/m1/s1. The van der Waals surface area contributed by atoms with Gasteiger partial charge >= 0.3 is 0 Å². The van der Waals surface area contributed by atoms with Crippen molar-refractivity contribution in [3.63, 3.8) is 0 Å². The van der Waals surface area contributed by atoms with Crippen molar-refractivity contribution in [2.75, 3.05) is 0 Å². The van der Waals surface area contributed by atoms with Gasteiger partial charge in [0, 0.05) is 24.5 Å². The van der Waals surface area contributed by atoms with Gasteiger partial charge in [-0.25, -0.2) is 0 Å². The average molecular weight is 192 g/mol. The second kappa shape index (κ2) is 4.65. The molecule has 2 heteroatoms. The predicted octanol–water partition coefficient (Wildman–Crippen LogP) is 2.68. The van der Waals surface area contributed by atoms with Crippen molar-refractivity contribution in [1.82, 2.24) is 10.3 Å². The fraction of sp³-hybridized carbons (Fsp3) is 0.667. The number of aromatic amines is 1. The second-order valence-electron chi connectivity index (χ2n) is 4.41. The van der Waals surface area contributed by atoms with E-state index in [9.17, 15) is 0 Å². The number of hydrogen-bond acceptors (Lipinski definition) is 1. The van der Waals surface area contributed by atoms with Crippen LogP contribution in [-0.2, 0) is 6.54 Å². The Kier molecular flexibility index (Phi) is 3.25. The molecule has 0 aromatic carbocycles. The van der Waals surface area contributed by atoms with Crippen LogP contribution >= 0.6 is 0 Å². The highest BCUT2D eigenvalue weighted by Crippen LogP contribution is 2.27. The quantitative estimate of drug-likeness (QED) is 0.754. The summed E-state index contributed by atoms with van der Waals surface area (Å²) in [6.07, 6.45) is 7.67. The van der Waals surface area contributed by atoms with Crippen LogP contribution in [0.4, 0.5) is 0 Å². The van der Waals surface area contributed by atoms with E-state index in [-0.39, 0.29) is 0 Å². The molecule has 2 nitrogen and oxygen atoms in total. The smallest absolute Gasteiger partial charge is 0.0359 e. The summed E-state index contributed by atoms with van der Waals surface area (Å²) in [7, 11) is 0. The molecule has 1 fully saturated rings. The SMILES string of the molecule is C[C@@H](NCc1ccc[nH]1)C1CCCC1. The van der Waals surface area contributed by atoms with Gasteiger partial charge < -0.3 is 10.3 Å². The van der Waals surface area contributed by atoms with Gasteiger partial charge in [0.25, 0.3) is 0 Å². The van der Waals surface area contributed by atoms with Crippen molar-refractivity contribution < 1.29 is 0 Å². The van der Waals surface area contributed by atoms with E-state index in [2.05, 4.69) is 29.4 Å². The number of hydrogen-bond donors (Lipinski definition) is 2. The van der Waals surface area contributed by atoms with E-state index >= 15 is 0 Å². The summed E-state index contributed by atoms with van der Waals surface area (Å²) in [5.41, 5.74) is 1.29. The van der Waals surface area contributed by atoms with Crippen molar-refractivity contribution in [1.29, 1.82) is 0 Å². The maximum atomic E-state index is 3.60. The van der Waals surface area contributed by atoms with Gasteiger partial charge in [0.1, 0.15) is 0 Å². The molecule has 1 aromatic rings. The third-order valence-corrected chi connectivity index (χ3v) is 3.38. The van der Waals surface area contributed by atoms with E-state index in [1.165, 1.54) is 31.4 Å². The minimum atomic E-state index is 0.667. The maximum absolute atomic E-state index is 3.60. The van der Waals surface area contributed by atoms with Gasteiger partial charge in [-0.15, -0.1) is 0 Å². The molecule has 1 heterocycles. The minimum Gasteiger partial charge on any atom is -0.364 e. The van der Waals surface area contributed by atoms with Crippen LogP contribution in [0.5, 0.6) is 0 Å². The van der Waals surface area contributed by atoms with E-state index in [0.717, 1.165) is 12.5 Å². The molecule has 0 aliphatic heterocycles. The number of nitrogens with one attached hydrogen (secondary N) is 2. The molecule has 0 amide bonds. The Morgan fingerprint density at radius 1 is 1.50 bits per heavy atom. The Balaban J connectivity index is 1.74. The highest BCUT2D eigenvalue weighted by molar-refractivity contribution is 5.03. The van der Waals surface area contributed by atoms with Crippen molar-refractivity contribution >= 4 is 0 Å². The van der Waals surface area contributed by atoms with E-state index in [4.69, 9.17) is 0 Å². The summed E-state index contributed by atoms with van der Waals surface area (Å²) < 4.78 is 0. The lowest BCUT2D eigenvalue weighted by Gasteiger charge is -2.19. The van der Waals surface area contributed by atoms with E-state index < -0.39 is 0 Å². The summed E-state index contributed by atoms with van der Waals surface area (Å²) in [5, 5.41) is 3.60. The third kappa shape index (κ3) is 2.38. The van der Waals surface area contributed by atoms with Crippen molar-refractivity contribution in [2.24, 2.45) is 5.92 Å². The molecule has 0 bridgehead atoms. The largest absolute Gasteiger partial charge is 0.364 e. The van der Waals surface area contributed by atoms with Crippen LogP contribution in [-0.4, -0.2) is 11.0 Å². The molecular weight excluding hydrogens is 172 g/mol. The van der Waals surface area contributed by atoms with Crippen molar-refractivity contribution in [2.45, 2.75) is 45.2 Å². The van der Waals surface area contributed by atoms with Crippen LogP contribution in [0.3, 0.4) is 0 Å². The molecule has 1 atom stereocenters. The minimum absolute atomic E-state index is 0.667.